The number of aromatic nitrogens is 3. The van der Waals surface area contributed by atoms with Crippen molar-refractivity contribution in [1.29, 1.82) is 0 Å². The van der Waals surface area contributed by atoms with Gasteiger partial charge in [-0.05, 0) is 45.0 Å². The van der Waals surface area contributed by atoms with Crippen molar-refractivity contribution in [3.8, 4) is 22.8 Å². The lowest BCUT2D eigenvalue weighted by Gasteiger charge is -2.40. The number of ether oxygens (including phenoxy) is 2. The number of thioether (sulfide) groups is 1. The molecule has 0 radical (unpaired) electrons. The van der Waals surface area contributed by atoms with Gasteiger partial charge >= 0.3 is 0 Å². The summed E-state index contributed by atoms with van der Waals surface area (Å²) in [7, 11) is 0. The van der Waals surface area contributed by atoms with Crippen LogP contribution >= 0.6 is 11.8 Å². The van der Waals surface area contributed by atoms with Gasteiger partial charge in [0.25, 0.3) is 0 Å². The minimum atomic E-state index is -0.132. The van der Waals surface area contributed by atoms with Crippen LogP contribution in [0.1, 0.15) is 20.8 Å². The molecule has 1 aliphatic rings. The maximum Gasteiger partial charge on any atom is 0.230 e. The van der Waals surface area contributed by atoms with Crippen LogP contribution in [0.4, 0.5) is 0 Å². The fraction of sp³-hybridized carbons (Fsp3) is 0.423. The van der Waals surface area contributed by atoms with Gasteiger partial charge in [0.2, 0.25) is 5.91 Å². The first kappa shape index (κ1) is 25.2. The van der Waals surface area contributed by atoms with Crippen molar-refractivity contribution in [3.63, 3.8) is 0 Å². The molecule has 1 N–H and O–H groups in total. The Hall–Kier alpha value is -2.88. The largest absolute Gasteiger partial charge is 0.494 e. The third-order valence-electron chi connectivity index (χ3n) is 5.99. The van der Waals surface area contributed by atoms with Gasteiger partial charge in [0.1, 0.15) is 5.75 Å². The zero-order chi connectivity index (χ0) is 24.7. The average molecular weight is 496 g/mol. The lowest BCUT2D eigenvalue weighted by molar-refractivity contribution is -0.119. The summed E-state index contributed by atoms with van der Waals surface area (Å²) in [6.45, 7) is 10.7. The Morgan fingerprint density at radius 1 is 1.09 bits per heavy atom. The van der Waals surface area contributed by atoms with Crippen molar-refractivity contribution < 1.29 is 14.3 Å². The molecule has 1 aliphatic heterocycles. The second kappa shape index (κ2) is 11.7. The Bertz CT molecular complexity index is 1100. The first-order chi connectivity index (χ1) is 17.0. The maximum atomic E-state index is 12.7. The fourth-order valence-corrected chi connectivity index (χ4v) is 4.79. The van der Waals surface area contributed by atoms with Gasteiger partial charge in [-0.15, -0.1) is 10.2 Å². The molecule has 186 valence electrons. The third kappa shape index (κ3) is 6.42. The summed E-state index contributed by atoms with van der Waals surface area (Å²) in [6, 6.07) is 17.8. The highest BCUT2D eigenvalue weighted by Gasteiger charge is 2.28. The highest BCUT2D eigenvalue weighted by Crippen LogP contribution is 2.29. The zero-order valence-electron chi connectivity index (χ0n) is 20.6. The van der Waals surface area contributed by atoms with Crippen molar-refractivity contribution in [1.82, 2.24) is 25.0 Å². The van der Waals surface area contributed by atoms with E-state index in [9.17, 15) is 4.79 Å². The molecule has 1 aromatic heterocycles. The predicted octanol–water partition coefficient (Wildman–Crippen LogP) is 3.65. The summed E-state index contributed by atoms with van der Waals surface area (Å²) >= 11 is 1.38. The number of morpholine rings is 1. The van der Waals surface area contributed by atoms with Crippen LogP contribution in [0.5, 0.6) is 5.75 Å². The van der Waals surface area contributed by atoms with Crippen LogP contribution in [0.15, 0.2) is 59.8 Å². The summed E-state index contributed by atoms with van der Waals surface area (Å²) in [6.07, 6.45) is 0. The molecule has 0 aliphatic carbocycles. The molecule has 0 atom stereocenters. The number of carbonyl (C=O) groups excluding carboxylic acids is 1. The van der Waals surface area contributed by atoms with Crippen LogP contribution in [0.2, 0.25) is 0 Å². The molecule has 0 saturated carbocycles. The number of rotatable bonds is 10. The Morgan fingerprint density at radius 3 is 2.49 bits per heavy atom. The topological polar surface area (TPSA) is 81.5 Å². The van der Waals surface area contributed by atoms with E-state index in [1.165, 1.54) is 11.8 Å². The third-order valence-corrected chi connectivity index (χ3v) is 6.92. The van der Waals surface area contributed by atoms with E-state index in [1.807, 2.05) is 66.1 Å². The summed E-state index contributed by atoms with van der Waals surface area (Å²) in [5, 5.41) is 12.6. The van der Waals surface area contributed by atoms with E-state index < -0.39 is 0 Å². The molecule has 0 bridgehead atoms. The number of hydrogen-bond donors (Lipinski definition) is 1. The molecular formula is C26H33N5O3S. The molecule has 1 fully saturated rings. The average Bonchev–Trinajstić information content (AvgIpc) is 3.32. The van der Waals surface area contributed by atoms with Gasteiger partial charge in [0.05, 0.1) is 25.6 Å². The summed E-state index contributed by atoms with van der Waals surface area (Å²) < 4.78 is 13.0. The van der Waals surface area contributed by atoms with Crippen LogP contribution in [0.3, 0.4) is 0 Å². The maximum absolute atomic E-state index is 12.7. The van der Waals surface area contributed by atoms with E-state index in [-0.39, 0.29) is 17.2 Å². The van der Waals surface area contributed by atoms with Crippen LogP contribution < -0.4 is 10.1 Å². The van der Waals surface area contributed by atoms with Crippen molar-refractivity contribution >= 4 is 17.7 Å². The van der Waals surface area contributed by atoms with Crippen LogP contribution in [-0.4, -0.2) is 76.3 Å². The van der Waals surface area contributed by atoms with E-state index in [0.29, 0.717) is 18.3 Å². The molecule has 0 unspecified atom stereocenters. The first-order valence-electron chi connectivity index (χ1n) is 11.9. The van der Waals surface area contributed by atoms with Crippen LogP contribution in [-0.2, 0) is 9.53 Å². The molecular weight excluding hydrogens is 462 g/mol. The summed E-state index contributed by atoms with van der Waals surface area (Å²) in [4.78, 5) is 15.1. The highest BCUT2D eigenvalue weighted by atomic mass is 32.2. The van der Waals surface area contributed by atoms with E-state index >= 15 is 0 Å². The molecule has 4 rings (SSSR count). The quantitative estimate of drug-likeness (QED) is 0.430. The van der Waals surface area contributed by atoms with Crippen LogP contribution in [0.25, 0.3) is 17.1 Å². The van der Waals surface area contributed by atoms with Gasteiger partial charge in [-0.2, -0.15) is 0 Å². The van der Waals surface area contributed by atoms with Gasteiger partial charge in [0.15, 0.2) is 11.0 Å². The minimum absolute atomic E-state index is 0.0289. The van der Waals surface area contributed by atoms with Gasteiger partial charge in [0, 0.05) is 36.4 Å². The van der Waals surface area contributed by atoms with Crippen molar-refractivity contribution in [2.24, 2.45) is 0 Å². The SMILES string of the molecule is CCOc1ccc(-n2c(SCC(=O)NCC(C)(C)N3CCOCC3)nnc2-c2ccccc2)cc1. The van der Waals surface area contributed by atoms with Crippen LogP contribution in [0, 0.1) is 0 Å². The number of nitrogens with zero attached hydrogens (tertiary/aromatic N) is 4. The lowest BCUT2D eigenvalue weighted by atomic mass is 10.0. The van der Waals surface area contributed by atoms with Crippen molar-refractivity contribution in [2.75, 3.05) is 45.2 Å². The van der Waals surface area contributed by atoms with Crippen molar-refractivity contribution in [2.45, 2.75) is 31.5 Å². The number of carbonyl (C=O) groups is 1. The summed E-state index contributed by atoms with van der Waals surface area (Å²) in [5.41, 5.74) is 1.73. The minimum Gasteiger partial charge on any atom is -0.494 e. The first-order valence-corrected chi connectivity index (χ1v) is 12.9. The van der Waals surface area contributed by atoms with Gasteiger partial charge in [-0.1, -0.05) is 42.1 Å². The smallest absolute Gasteiger partial charge is 0.230 e. The Morgan fingerprint density at radius 2 is 1.80 bits per heavy atom. The number of benzene rings is 2. The number of hydrogen-bond acceptors (Lipinski definition) is 7. The molecule has 9 heteroatoms. The molecule has 1 amide bonds. The van der Waals surface area contributed by atoms with E-state index in [1.54, 1.807) is 0 Å². The molecule has 8 nitrogen and oxygen atoms in total. The van der Waals surface area contributed by atoms with Gasteiger partial charge < -0.3 is 14.8 Å². The predicted molar refractivity (Wildman–Crippen MR) is 138 cm³/mol. The molecule has 2 heterocycles. The van der Waals surface area contributed by atoms with Crippen molar-refractivity contribution in [3.05, 3.63) is 54.6 Å². The normalized spacial score (nSPS) is 14.6. The second-order valence-electron chi connectivity index (χ2n) is 8.91. The lowest BCUT2D eigenvalue weighted by Crippen LogP contribution is -2.55. The number of nitrogens with one attached hydrogen (secondary N) is 1. The number of amides is 1. The molecule has 0 spiro atoms. The van der Waals surface area contributed by atoms with Gasteiger partial charge in [-0.25, -0.2) is 0 Å². The highest BCUT2D eigenvalue weighted by molar-refractivity contribution is 7.99. The molecule has 2 aromatic carbocycles. The van der Waals surface area contributed by atoms with E-state index in [4.69, 9.17) is 9.47 Å². The summed E-state index contributed by atoms with van der Waals surface area (Å²) in [5.74, 6) is 1.76. The molecule has 1 saturated heterocycles. The Labute approximate surface area is 211 Å². The standard InChI is InChI=1S/C26H33N5O3S/c1-4-34-22-12-10-21(11-13-22)31-24(20-8-6-5-7-9-20)28-29-25(31)35-18-23(32)27-19-26(2,3)30-14-16-33-17-15-30/h5-13H,4,14-19H2,1-3H3,(H,27,32). The van der Waals surface area contributed by atoms with E-state index in [0.717, 1.165) is 49.1 Å². The van der Waals surface area contributed by atoms with E-state index in [2.05, 4.69) is 34.3 Å². The molecule has 3 aromatic rings. The Balaban J connectivity index is 1.47. The second-order valence-corrected chi connectivity index (χ2v) is 9.85. The fourth-order valence-electron chi connectivity index (χ4n) is 4.00. The monoisotopic (exact) mass is 495 g/mol. The van der Waals surface area contributed by atoms with Gasteiger partial charge in [-0.3, -0.25) is 14.3 Å². The Kier molecular flexibility index (Phi) is 8.43. The zero-order valence-corrected chi connectivity index (χ0v) is 21.4. The molecule has 35 heavy (non-hydrogen) atoms.